The van der Waals surface area contributed by atoms with Crippen LogP contribution in [-0.4, -0.2) is 4.98 Å². The van der Waals surface area contributed by atoms with Crippen LogP contribution >= 0.6 is 34.8 Å². The molecule has 0 aliphatic carbocycles. The summed E-state index contributed by atoms with van der Waals surface area (Å²) in [4.78, 5) is 4.73. The van der Waals surface area contributed by atoms with E-state index in [1.807, 2.05) is 18.2 Å². The molecule has 2 aromatic carbocycles. The van der Waals surface area contributed by atoms with E-state index in [0.717, 1.165) is 22.4 Å². The van der Waals surface area contributed by atoms with Crippen molar-refractivity contribution in [3.8, 4) is 22.5 Å². The standard InChI is InChI=1S/C18H14Cl3N3/c19-11-3-1-10(2-4-11)17-8-16(23)14(9-22)18(24-17)13-6-5-12(20)7-15(13)21/h1-8H,9,22H2,(H2,23,24). The fourth-order valence-electron chi connectivity index (χ4n) is 2.48. The minimum absolute atomic E-state index is 0.258. The van der Waals surface area contributed by atoms with Gasteiger partial charge in [-0.25, -0.2) is 4.98 Å². The predicted molar refractivity (Wildman–Crippen MR) is 102 cm³/mol. The molecule has 0 radical (unpaired) electrons. The summed E-state index contributed by atoms with van der Waals surface area (Å²) in [5.41, 5.74) is 16.4. The highest BCUT2D eigenvalue weighted by atomic mass is 35.5. The first-order chi connectivity index (χ1) is 11.5. The molecule has 0 saturated heterocycles. The maximum Gasteiger partial charge on any atom is 0.0789 e. The summed E-state index contributed by atoms with van der Waals surface area (Å²) in [6, 6.07) is 14.4. The van der Waals surface area contributed by atoms with Crippen molar-refractivity contribution in [2.24, 2.45) is 5.73 Å². The lowest BCUT2D eigenvalue weighted by molar-refractivity contribution is 1.06. The van der Waals surface area contributed by atoms with Crippen LogP contribution in [0.15, 0.2) is 48.5 Å². The highest BCUT2D eigenvalue weighted by Gasteiger charge is 2.15. The minimum Gasteiger partial charge on any atom is -0.398 e. The molecule has 6 heteroatoms. The molecular weight excluding hydrogens is 365 g/mol. The molecule has 0 spiro atoms. The fraction of sp³-hybridized carbons (Fsp3) is 0.0556. The quantitative estimate of drug-likeness (QED) is 0.640. The van der Waals surface area contributed by atoms with Gasteiger partial charge in [-0.1, -0.05) is 46.9 Å². The summed E-state index contributed by atoms with van der Waals surface area (Å²) in [6.45, 7) is 0.258. The van der Waals surface area contributed by atoms with E-state index in [9.17, 15) is 0 Å². The molecule has 3 rings (SSSR count). The van der Waals surface area contributed by atoms with Crippen LogP contribution in [0.3, 0.4) is 0 Å². The van der Waals surface area contributed by atoms with E-state index >= 15 is 0 Å². The molecule has 0 bridgehead atoms. The Bertz CT molecular complexity index is 893. The second-order valence-corrected chi connectivity index (χ2v) is 6.54. The fourth-order valence-corrected chi connectivity index (χ4v) is 3.10. The molecule has 24 heavy (non-hydrogen) atoms. The Labute approximate surface area is 155 Å². The Hall–Kier alpha value is -1.78. The number of rotatable bonds is 3. The van der Waals surface area contributed by atoms with Crippen LogP contribution in [0.25, 0.3) is 22.5 Å². The van der Waals surface area contributed by atoms with Crippen molar-refractivity contribution in [2.45, 2.75) is 6.54 Å². The second kappa shape index (κ2) is 6.99. The number of benzene rings is 2. The lowest BCUT2D eigenvalue weighted by Crippen LogP contribution is -2.07. The number of hydrogen-bond donors (Lipinski definition) is 2. The van der Waals surface area contributed by atoms with Crippen molar-refractivity contribution in [3.05, 3.63) is 69.2 Å². The van der Waals surface area contributed by atoms with Gasteiger partial charge < -0.3 is 11.5 Å². The van der Waals surface area contributed by atoms with Crippen LogP contribution in [-0.2, 0) is 6.54 Å². The summed E-state index contributed by atoms with van der Waals surface area (Å²) < 4.78 is 0. The molecule has 3 nitrogen and oxygen atoms in total. The molecule has 0 amide bonds. The molecule has 0 aliphatic heterocycles. The van der Waals surface area contributed by atoms with Crippen molar-refractivity contribution in [2.75, 3.05) is 5.73 Å². The Morgan fingerprint density at radius 1 is 0.875 bits per heavy atom. The van der Waals surface area contributed by atoms with E-state index in [1.54, 1.807) is 30.3 Å². The first-order valence-electron chi connectivity index (χ1n) is 7.20. The number of nitrogens with zero attached hydrogens (tertiary/aromatic N) is 1. The molecule has 0 atom stereocenters. The van der Waals surface area contributed by atoms with Crippen LogP contribution < -0.4 is 11.5 Å². The second-order valence-electron chi connectivity index (χ2n) is 5.26. The van der Waals surface area contributed by atoms with Gasteiger partial charge in [0, 0.05) is 39.0 Å². The Morgan fingerprint density at radius 3 is 2.17 bits per heavy atom. The van der Waals surface area contributed by atoms with Crippen LogP contribution in [0.1, 0.15) is 5.56 Å². The van der Waals surface area contributed by atoms with E-state index in [1.165, 1.54) is 0 Å². The summed E-state index contributed by atoms with van der Waals surface area (Å²) >= 11 is 18.3. The SMILES string of the molecule is NCc1c(N)cc(-c2ccc(Cl)cc2)nc1-c1ccc(Cl)cc1Cl. The molecular formula is C18H14Cl3N3. The number of hydrogen-bond acceptors (Lipinski definition) is 3. The normalized spacial score (nSPS) is 10.8. The molecule has 0 saturated carbocycles. The van der Waals surface area contributed by atoms with Gasteiger partial charge >= 0.3 is 0 Å². The number of pyridine rings is 1. The molecule has 0 fully saturated rings. The van der Waals surface area contributed by atoms with Crippen LogP contribution in [0.2, 0.25) is 15.1 Å². The van der Waals surface area contributed by atoms with E-state index < -0.39 is 0 Å². The Balaban J connectivity index is 2.22. The summed E-state index contributed by atoms with van der Waals surface area (Å²) in [5, 5.41) is 1.71. The van der Waals surface area contributed by atoms with Crippen molar-refractivity contribution in [1.29, 1.82) is 0 Å². The van der Waals surface area contributed by atoms with Gasteiger partial charge in [0.05, 0.1) is 16.4 Å². The van der Waals surface area contributed by atoms with Crippen molar-refractivity contribution >= 4 is 40.5 Å². The van der Waals surface area contributed by atoms with Crippen LogP contribution in [0, 0.1) is 0 Å². The maximum atomic E-state index is 6.34. The monoisotopic (exact) mass is 377 g/mol. The molecule has 122 valence electrons. The zero-order chi connectivity index (χ0) is 17.3. The van der Waals surface area contributed by atoms with Crippen LogP contribution in [0.5, 0.6) is 0 Å². The third kappa shape index (κ3) is 3.35. The summed E-state index contributed by atoms with van der Waals surface area (Å²) in [7, 11) is 0. The first-order valence-corrected chi connectivity index (χ1v) is 8.34. The zero-order valence-electron chi connectivity index (χ0n) is 12.6. The average Bonchev–Trinajstić information content (AvgIpc) is 2.55. The van der Waals surface area contributed by atoms with E-state index in [0.29, 0.717) is 26.4 Å². The number of nitrogens with two attached hydrogens (primary N) is 2. The van der Waals surface area contributed by atoms with Gasteiger partial charge in [0.15, 0.2) is 0 Å². The minimum atomic E-state index is 0.258. The number of aromatic nitrogens is 1. The van der Waals surface area contributed by atoms with Crippen molar-refractivity contribution in [1.82, 2.24) is 4.98 Å². The molecule has 1 heterocycles. The third-order valence-corrected chi connectivity index (χ3v) is 4.49. The van der Waals surface area contributed by atoms with Gasteiger partial charge in [0.1, 0.15) is 0 Å². The highest BCUT2D eigenvalue weighted by Crippen LogP contribution is 2.35. The molecule has 3 aromatic rings. The number of anilines is 1. The van der Waals surface area contributed by atoms with Crippen molar-refractivity contribution in [3.63, 3.8) is 0 Å². The van der Waals surface area contributed by atoms with E-state index in [4.69, 9.17) is 51.3 Å². The van der Waals surface area contributed by atoms with Gasteiger partial charge in [0.2, 0.25) is 0 Å². The lowest BCUT2D eigenvalue weighted by Gasteiger charge is -2.14. The Kier molecular flexibility index (Phi) is 4.97. The van der Waals surface area contributed by atoms with Crippen molar-refractivity contribution < 1.29 is 0 Å². The van der Waals surface area contributed by atoms with Crippen LogP contribution in [0.4, 0.5) is 5.69 Å². The largest absolute Gasteiger partial charge is 0.398 e. The highest BCUT2D eigenvalue weighted by molar-refractivity contribution is 6.36. The maximum absolute atomic E-state index is 6.34. The Morgan fingerprint density at radius 2 is 1.54 bits per heavy atom. The molecule has 0 aliphatic rings. The smallest absolute Gasteiger partial charge is 0.0789 e. The molecule has 4 N–H and O–H groups in total. The summed E-state index contributed by atoms with van der Waals surface area (Å²) in [6.07, 6.45) is 0. The van der Waals surface area contributed by atoms with Gasteiger partial charge in [-0.3, -0.25) is 0 Å². The third-order valence-electron chi connectivity index (χ3n) is 3.69. The zero-order valence-corrected chi connectivity index (χ0v) is 14.8. The number of halogens is 3. The lowest BCUT2D eigenvalue weighted by atomic mass is 10.0. The van der Waals surface area contributed by atoms with Gasteiger partial charge in [0.25, 0.3) is 0 Å². The number of nitrogen functional groups attached to an aromatic ring is 1. The predicted octanol–water partition coefficient (Wildman–Crippen LogP) is 5.42. The first kappa shape index (κ1) is 17.1. The van der Waals surface area contributed by atoms with Gasteiger partial charge in [-0.2, -0.15) is 0 Å². The van der Waals surface area contributed by atoms with Gasteiger partial charge in [-0.15, -0.1) is 0 Å². The molecule has 1 aromatic heterocycles. The topological polar surface area (TPSA) is 64.9 Å². The van der Waals surface area contributed by atoms with E-state index in [2.05, 4.69) is 0 Å². The molecule has 0 unspecified atom stereocenters. The summed E-state index contributed by atoms with van der Waals surface area (Å²) in [5.74, 6) is 0. The van der Waals surface area contributed by atoms with E-state index in [-0.39, 0.29) is 6.54 Å². The van der Waals surface area contributed by atoms with Gasteiger partial charge in [-0.05, 0) is 36.4 Å². The average molecular weight is 379 g/mol.